The SMILES string of the molecule is COC(/C=C\c1cccc([N+](=O)[O-])c1)c1ccc(Cl)cc1. The summed E-state index contributed by atoms with van der Waals surface area (Å²) in [7, 11) is 1.61. The lowest BCUT2D eigenvalue weighted by molar-refractivity contribution is -0.384. The number of halogens is 1. The second kappa shape index (κ2) is 7.02. The van der Waals surface area contributed by atoms with Gasteiger partial charge in [0.2, 0.25) is 0 Å². The van der Waals surface area contributed by atoms with Crippen LogP contribution in [0, 0.1) is 10.1 Å². The van der Waals surface area contributed by atoms with Gasteiger partial charge in [-0.3, -0.25) is 10.1 Å². The smallest absolute Gasteiger partial charge is 0.270 e. The Balaban J connectivity index is 2.19. The molecule has 0 spiro atoms. The van der Waals surface area contributed by atoms with Crippen molar-refractivity contribution in [3.63, 3.8) is 0 Å². The van der Waals surface area contributed by atoms with E-state index in [0.717, 1.165) is 11.1 Å². The maximum Gasteiger partial charge on any atom is 0.270 e. The van der Waals surface area contributed by atoms with E-state index in [0.29, 0.717) is 5.02 Å². The van der Waals surface area contributed by atoms with Crippen molar-refractivity contribution in [2.45, 2.75) is 6.10 Å². The first-order valence-electron chi connectivity index (χ1n) is 6.31. The molecule has 108 valence electrons. The lowest BCUT2D eigenvalue weighted by Gasteiger charge is -2.11. The Morgan fingerprint density at radius 2 is 1.95 bits per heavy atom. The van der Waals surface area contributed by atoms with Crippen LogP contribution in [0.1, 0.15) is 17.2 Å². The first-order chi connectivity index (χ1) is 10.1. The molecule has 2 rings (SSSR count). The van der Waals surface area contributed by atoms with Crippen molar-refractivity contribution < 1.29 is 9.66 Å². The van der Waals surface area contributed by atoms with Crippen molar-refractivity contribution in [3.05, 3.63) is 80.9 Å². The van der Waals surface area contributed by atoms with Crippen LogP contribution in [0.25, 0.3) is 6.08 Å². The largest absolute Gasteiger partial charge is 0.373 e. The second-order valence-electron chi connectivity index (χ2n) is 4.42. The van der Waals surface area contributed by atoms with E-state index < -0.39 is 4.92 Å². The van der Waals surface area contributed by atoms with Gasteiger partial charge in [-0.2, -0.15) is 0 Å². The zero-order chi connectivity index (χ0) is 15.2. The third kappa shape index (κ3) is 4.15. The molecule has 0 radical (unpaired) electrons. The number of hydrogen-bond acceptors (Lipinski definition) is 3. The van der Waals surface area contributed by atoms with Crippen LogP contribution in [0.15, 0.2) is 54.6 Å². The fraction of sp³-hybridized carbons (Fsp3) is 0.125. The highest BCUT2D eigenvalue weighted by atomic mass is 35.5. The molecular formula is C16H14ClNO3. The summed E-state index contributed by atoms with van der Waals surface area (Å²) in [5.41, 5.74) is 1.78. The van der Waals surface area contributed by atoms with Gasteiger partial charge in [0.05, 0.1) is 4.92 Å². The molecule has 5 heteroatoms. The van der Waals surface area contributed by atoms with Gasteiger partial charge < -0.3 is 4.74 Å². The zero-order valence-electron chi connectivity index (χ0n) is 11.4. The molecule has 0 saturated carbocycles. The molecule has 0 bridgehead atoms. The maximum absolute atomic E-state index is 10.7. The van der Waals surface area contributed by atoms with Crippen molar-refractivity contribution in [3.8, 4) is 0 Å². The summed E-state index contributed by atoms with van der Waals surface area (Å²) >= 11 is 5.86. The summed E-state index contributed by atoms with van der Waals surface area (Å²) in [5, 5.41) is 11.4. The van der Waals surface area contributed by atoms with E-state index in [4.69, 9.17) is 16.3 Å². The third-order valence-electron chi connectivity index (χ3n) is 3.00. The van der Waals surface area contributed by atoms with Crippen molar-refractivity contribution >= 4 is 23.4 Å². The number of nitro benzene ring substituents is 1. The summed E-state index contributed by atoms with van der Waals surface area (Å²) in [6.07, 6.45) is 3.42. The summed E-state index contributed by atoms with van der Waals surface area (Å²) < 4.78 is 5.41. The predicted molar refractivity (Wildman–Crippen MR) is 83.3 cm³/mol. The lowest BCUT2D eigenvalue weighted by Crippen LogP contribution is -1.97. The molecule has 1 atom stereocenters. The minimum Gasteiger partial charge on any atom is -0.373 e. The number of nitro groups is 1. The molecule has 0 aliphatic carbocycles. The van der Waals surface area contributed by atoms with Gasteiger partial charge in [0.1, 0.15) is 6.10 Å². The van der Waals surface area contributed by atoms with E-state index in [1.165, 1.54) is 12.1 Å². The van der Waals surface area contributed by atoms with E-state index in [2.05, 4.69) is 0 Å². The minimum absolute atomic E-state index is 0.0672. The fourth-order valence-electron chi connectivity index (χ4n) is 1.92. The number of hydrogen-bond donors (Lipinski definition) is 0. The predicted octanol–water partition coefficient (Wildman–Crippen LogP) is 4.65. The molecule has 0 N–H and O–H groups in total. The molecule has 0 heterocycles. The standard InChI is InChI=1S/C16H14ClNO3/c1-21-16(13-6-8-14(17)9-7-13)10-5-12-3-2-4-15(11-12)18(19)20/h2-11,16H,1H3/b10-5-. The summed E-state index contributed by atoms with van der Waals surface area (Å²) in [6, 6.07) is 13.8. The van der Waals surface area contributed by atoms with Gasteiger partial charge in [0.15, 0.2) is 0 Å². The molecule has 2 aromatic rings. The Hall–Kier alpha value is -2.17. The van der Waals surface area contributed by atoms with E-state index in [9.17, 15) is 10.1 Å². The molecule has 0 aliphatic heterocycles. The molecule has 0 amide bonds. The highest BCUT2D eigenvalue weighted by Crippen LogP contribution is 2.22. The van der Waals surface area contributed by atoms with Crippen LogP contribution in [0.5, 0.6) is 0 Å². The third-order valence-corrected chi connectivity index (χ3v) is 3.25. The highest BCUT2D eigenvalue weighted by Gasteiger charge is 2.07. The van der Waals surface area contributed by atoms with Crippen molar-refractivity contribution in [2.24, 2.45) is 0 Å². The first kappa shape index (κ1) is 15.2. The van der Waals surface area contributed by atoms with Crippen LogP contribution in [-0.4, -0.2) is 12.0 Å². The van der Waals surface area contributed by atoms with E-state index in [-0.39, 0.29) is 11.8 Å². The number of methoxy groups -OCH3 is 1. The molecule has 21 heavy (non-hydrogen) atoms. The van der Waals surface area contributed by atoms with Crippen LogP contribution in [-0.2, 0) is 4.74 Å². The average molecular weight is 304 g/mol. The number of non-ortho nitro benzene ring substituents is 1. The highest BCUT2D eigenvalue weighted by molar-refractivity contribution is 6.30. The molecule has 1 unspecified atom stereocenters. The van der Waals surface area contributed by atoms with Crippen LogP contribution >= 0.6 is 11.6 Å². The van der Waals surface area contributed by atoms with Gasteiger partial charge in [-0.15, -0.1) is 0 Å². The van der Waals surface area contributed by atoms with Gasteiger partial charge in [-0.25, -0.2) is 0 Å². The van der Waals surface area contributed by atoms with Gasteiger partial charge in [-0.1, -0.05) is 48.0 Å². The Bertz CT molecular complexity index is 653. The fourth-order valence-corrected chi connectivity index (χ4v) is 2.04. The topological polar surface area (TPSA) is 52.4 Å². The quantitative estimate of drug-likeness (QED) is 0.597. The number of ether oxygens (including phenoxy) is 1. The van der Waals surface area contributed by atoms with E-state index >= 15 is 0 Å². The number of rotatable bonds is 5. The maximum atomic E-state index is 10.7. The van der Waals surface area contributed by atoms with Crippen LogP contribution < -0.4 is 0 Å². The normalized spacial score (nSPS) is 12.5. The average Bonchev–Trinajstić information content (AvgIpc) is 2.50. The Labute approximate surface area is 127 Å². The lowest BCUT2D eigenvalue weighted by atomic mass is 10.1. The van der Waals surface area contributed by atoms with Crippen LogP contribution in [0.3, 0.4) is 0 Å². The van der Waals surface area contributed by atoms with Crippen LogP contribution in [0.4, 0.5) is 5.69 Å². The molecule has 0 aromatic heterocycles. The molecule has 4 nitrogen and oxygen atoms in total. The Morgan fingerprint density at radius 1 is 1.24 bits per heavy atom. The monoisotopic (exact) mass is 303 g/mol. The number of nitrogens with zero attached hydrogens (tertiary/aromatic N) is 1. The molecular weight excluding hydrogens is 290 g/mol. The summed E-state index contributed by atoms with van der Waals surface area (Å²) in [4.78, 5) is 10.3. The summed E-state index contributed by atoms with van der Waals surface area (Å²) in [6.45, 7) is 0. The van der Waals surface area contributed by atoms with Crippen molar-refractivity contribution in [2.75, 3.05) is 7.11 Å². The Morgan fingerprint density at radius 3 is 2.57 bits per heavy atom. The van der Waals surface area contributed by atoms with Crippen LogP contribution in [0.2, 0.25) is 5.02 Å². The van der Waals surface area contributed by atoms with Gasteiger partial charge >= 0.3 is 0 Å². The molecule has 0 saturated heterocycles. The second-order valence-corrected chi connectivity index (χ2v) is 4.86. The molecule has 0 fully saturated rings. The number of benzene rings is 2. The molecule has 0 aliphatic rings. The van der Waals surface area contributed by atoms with Crippen molar-refractivity contribution in [1.82, 2.24) is 0 Å². The Kier molecular flexibility index (Phi) is 5.09. The molecule has 2 aromatic carbocycles. The summed E-state index contributed by atoms with van der Waals surface area (Å²) in [5.74, 6) is 0. The van der Waals surface area contributed by atoms with Gasteiger partial charge in [0, 0.05) is 24.3 Å². The minimum atomic E-state index is -0.412. The van der Waals surface area contributed by atoms with E-state index in [1.54, 1.807) is 37.5 Å². The van der Waals surface area contributed by atoms with E-state index in [1.807, 2.05) is 18.2 Å². The zero-order valence-corrected chi connectivity index (χ0v) is 12.2. The van der Waals surface area contributed by atoms with Crippen molar-refractivity contribution in [1.29, 1.82) is 0 Å². The first-order valence-corrected chi connectivity index (χ1v) is 6.69. The van der Waals surface area contributed by atoms with Gasteiger partial charge in [0.25, 0.3) is 5.69 Å². The van der Waals surface area contributed by atoms with Gasteiger partial charge in [-0.05, 0) is 23.3 Å².